The van der Waals surface area contributed by atoms with Gasteiger partial charge in [0.2, 0.25) is 0 Å². The summed E-state index contributed by atoms with van der Waals surface area (Å²) in [6, 6.07) is 16.5. The number of rotatable bonds is 4. The standard InChI is InChI=1S/C20H17ClN2O2/c1-2-13-9-14-5-3-4-6-17(14)16(10-13)12-22-23-20(25)15-7-8-19(24)18(21)11-15/h3-12,24H,2H2,1H3,(H,23,25). The fraction of sp³-hybridized carbons (Fsp3) is 0.100. The molecule has 1 amide bonds. The fourth-order valence-corrected chi connectivity index (χ4v) is 2.77. The van der Waals surface area contributed by atoms with Gasteiger partial charge >= 0.3 is 0 Å². The van der Waals surface area contributed by atoms with Crippen LogP contribution < -0.4 is 5.43 Å². The second-order valence-electron chi connectivity index (χ2n) is 5.63. The van der Waals surface area contributed by atoms with Crippen molar-refractivity contribution in [3.63, 3.8) is 0 Å². The smallest absolute Gasteiger partial charge is 0.271 e. The number of carbonyl (C=O) groups is 1. The van der Waals surface area contributed by atoms with Crippen molar-refractivity contribution >= 4 is 34.5 Å². The van der Waals surface area contributed by atoms with Gasteiger partial charge in [0.15, 0.2) is 0 Å². The number of nitrogens with zero attached hydrogens (tertiary/aromatic N) is 1. The molecule has 0 heterocycles. The van der Waals surface area contributed by atoms with Gasteiger partial charge in [-0.2, -0.15) is 5.10 Å². The highest BCUT2D eigenvalue weighted by Gasteiger charge is 2.07. The number of nitrogens with one attached hydrogen (secondary N) is 1. The Bertz CT molecular complexity index is 967. The summed E-state index contributed by atoms with van der Waals surface area (Å²) in [5, 5.41) is 15.8. The number of aryl methyl sites for hydroxylation is 1. The summed E-state index contributed by atoms with van der Waals surface area (Å²) in [5.41, 5.74) is 4.96. The Balaban J connectivity index is 1.83. The second kappa shape index (κ2) is 7.36. The molecular weight excluding hydrogens is 336 g/mol. The molecule has 0 unspecified atom stereocenters. The van der Waals surface area contributed by atoms with Crippen LogP contribution in [0.15, 0.2) is 59.7 Å². The molecule has 126 valence electrons. The highest BCUT2D eigenvalue weighted by molar-refractivity contribution is 6.32. The maximum atomic E-state index is 12.1. The number of halogens is 1. The molecule has 3 aromatic rings. The zero-order valence-electron chi connectivity index (χ0n) is 13.7. The minimum absolute atomic E-state index is 0.0652. The molecule has 2 N–H and O–H groups in total. The van der Waals surface area contributed by atoms with Crippen LogP contribution in [0.3, 0.4) is 0 Å². The Labute approximate surface area is 150 Å². The molecule has 0 bridgehead atoms. The van der Waals surface area contributed by atoms with Crippen molar-refractivity contribution in [3.8, 4) is 5.75 Å². The third kappa shape index (κ3) is 3.80. The first kappa shape index (κ1) is 17.0. The van der Waals surface area contributed by atoms with E-state index in [0.717, 1.165) is 22.8 Å². The normalized spacial score (nSPS) is 11.1. The predicted octanol–water partition coefficient (Wildman–Crippen LogP) is 4.53. The van der Waals surface area contributed by atoms with Crippen molar-refractivity contribution < 1.29 is 9.90 Å². The summed E-state index contributed by atoms with van der Waals surface area (Å²) < 4.78 is 0. The van der Waals surface area contributed by atoms with Crippen LogP contribution in [0.5, 0.6) is 5.75 Å². The minimum atomic E-state index is -0.394. The first-order valence-corrected chi connectivity index (χ1v) is 8.30. The first-order valence-electron chi connectivity index (χ1n) is 7.92. The minimum Gasteiger partial charge on any atom is -0.506 e. The number of benzene rings is 3. The van der Waals surface area contributed by atoms with E-state index in [-0.39, 0.29) is 10.8 Å². The average Bonchev–Trinajstić information content (AvgIpc) is 2.63. The fourth-order valence-electron chi connectivity index (χ4n) is 2.59. The highest BCUT2D eigenvalue weighted by atomic mass is 35.5. The van der Waals surface area contributed by atoms with Crippen LogP contribution in [-0.2, 0) is 6.42 Å². The van der Waals surface area contributed by atoms with Gasteiger partial charge in [0.25, 0.3) is 5.91 Å². The summed E-state index contributed by atoms with van der Waals surface area (Å²) in [6.45, 7) is 2.10. The topological polar surface area (TPSA) is 61.7 Å². The zero-order valence-corrected chi connectivity index (χ0v) is 14.4. The van der Waals surface area contributed by atoms with E-state index >= 15 is 0 Å². The van der Waals surface area contributed by atoms with Gasteiger partial charge in [-0.1, -0.05) is 48.9 Å². The molecule has 0 spiro atoms. The monoisotopic (exact) mass is 352 g/mol. The summed E-state index contributed by atoms with van der Waals surface area (Å²) in [6.07, 6.45) is 2.56. The van der Waals surface area contributed by atoms with Crippen molar-refractivity contribution in [1.82, 2.24) is 5.43 Å². The third-order valence-electron chi connectivity index (χ3n) is 3.94. The van der Waals surface area contributed by atoms with Crippen molar-refractivity contribution in [3.05, 3.63) is 76.3 Å². The van der Waals surface area contributed by atoms with E-state index in [1.54, 1.807) is 6.21 Å². The summed E-state index contributed by atoms with van der Waals surface area (Å²) >= 11 is 5.82. The lowest BCUT2D eigenvalue weighted by atomic mass is 10.0. The number of fused-ring (bicyclic) bond motifs is 1. The number of carbonyl (C=O) groups excluding carboxylic acids is 1. The van der Waals surface area contributed by atoms with Gasteiger partial charge in [0.05, 0.1) is 11.2 Å². The van der Waals surface area contributed by atoms with Crippen LogP contribution >= 0.6 is 11.6 Å². The van der Waals surface area contributed by atoms with Gasteiger partial charge in [-0.25, -0.2) is 5.43 Å². The summed E-state index contributed by atoms with van der Waals surface area (Å²) in [5.74, 6) is -0.460. The van der Waals surface area contributed by atoms with Gasteiger partial charge < -0.3 is 5.11 Å². The van der Waals surface area contributed by atoms with E-state index < -0.39 is 5.91 Å². The third-order valence-corrected chi connectivity index (χ3v) is 4.24. The molecule has 0 aliphatic heterocycles. The lowest BCUT2D eigenvalue weighted by molar-refractivity contribution is 0.0955. The molecule has 0 aliphatic carbocycles. The van der Waals surface area contributed by atoms with E-state index in [4.69, 9.17) is 11.6 Å². The number of hydrogen-bond donors (Lipinski definition) is 2. The van der Waals surface area contributed by atoms with Gasteiger partial charge in [-0.3, -0.25) is 4.79 Å². The Kier molecular flexibility index (Phi) is 5.00. The van der Waals surface area contributed by atoms with Gasteiger partial charge in [-0.15, -0.1) is 0 Å². The Hall–Kier alpha value is -2.85. The van der Waals surface area contributed by atoms with E-state index in [2.05, 4.69) is 35.7 Å². The van der Waals surface area contributed by atoms with Gasteiger partial charge in [0, 0.05) is 11.1 Å². The number of amides is 1. The quantitative estimate of drug-likeness (QED) is 0.535. The average molecular weight is 353 g/mol. The van der Waals surface area contributed by atoms with Gasteiger partial charge in [-0.05, 0) is 47.0 Å². The lowest BCUT2D eigenvalue weighted by Crippen LogP contribution is -2.17. The predicted molar refractivity (Wildman–Crippen MR) is 102 cm³/mol. The number of hydrazone groups is 1. The Morgan fingerprint density at radius 3 is 2.76 bits per heavy atom. The number of hydrogen-bond acceptors (Lipinski definition) is 3. The van der Waals surface area contributed by atoms with Crippen molar-refractivity contribution in [2.45, 2.75) is 13.3 Å². The molecule has 0 aliphatic rings. The lowest BCUT2D eigenvalue weighted by Gasteiger charge is -2.06. The van der Waals surface area contributed by atoms with E-state index in [1.165, 1.54) is 23.8 Å². The van der Waals surface area contributed by atoms with Crippen LogP contribution in [0.1, 0.15) is 28.4 Å². The van der Waals surface area contributed by atoms with Crippen molar-refractivity contribution in [1.29, 1.82) is 0 Å². The Morgan fingerprint density at radius 2 is 2.00 bits per heavy atom. The zero-order chi connectivity index (χ0) is 17.8. The van der Waals surface area contributed by atoms with Gasteiger partial charge in [0.1, 0.15) is 5.75 Å². The number of aromatic hydroxyl groups is 1. The van der Waals surface area contributed by atoms with Crippen LogP contribution in [0.4, 0.5) is 0 Å². The van der Waals surface area contributed by atoms with Crippen molar-refractivity contribution in [2.75, 3.05) is 0 Å². The second-order valence-corrected chi connectivity index (χ2v) is 6.03. The highest BCUT2D eigenvalue weighted by Crippen LogP contribution is 2.23. The van der Waals surface area contributed by atoms with Crippen LogP contribution in [0.25, 0.3) is 10.8 Å². The van der Waals surface area contributed by atoms with E-state index in [1.807, 2.05) is 18.2 Å². The summed E-state index contributed by atoms with van der Waals surface area (Å²) in [7, 11) is 0. The molecule has 5 heteroatoms. The van der Waals surface area contributed by atoms with E-state index in [0.29, 0.717) is 5.56 Å². The molecule has 0 aromatic heterocycles. The largest absolute Gasteiger partial charge is 0.506 e. The van der Waals surface area contributed by atoms with Crippen molar-refractivity contribution in [2.24, 2.45) is 5.10 Å². The van der Waals surface area contributed by atoms with Crippen LogP contribution in [0.2, 0.25) is 5.02 Å². The molecule has 4 nitrogen and oxygen atoms in total. The maximum absolute atomic E-state index is 12.1. The molecule has 25 heavy (non-hydrogen) atoms. The SMILES string of the molecule is CCc1cc(C=NNC(=O)c2ccc(O)c(Cl)c2)c2ccccc2c1. The molecule has 3 rings (SSSR count). The molecule has 0 saturated carbocycles. The first-order chi connectivity index (χ1) is 12.1. The molecule has 0 radical (unpaired) electrons. The molecule has 0 fully saturated rings. The molecular formula is C20H17ClN2O2. The maximum Gasteiger partial charge on any atom is 0.271 e. The Morgan fingerprint density at radius 1 is 1.20 bits per heavy atom. The number of phenolic OH excluding ortho intramolecular Hbond substituents is 1. The molecule has 0 saturated heterocycles. The summed E-state index contributed by atoms with van der Waals surface area (Å²) in [4.78, 5) is 12.1. The molecule has 3 aromatic carbocycles. The molecule has 0 atom stereocenters. The van der Waals surface area contributed by atoms with E-state index in [9.17, 15) is 9.90 Å². The van der Waals surface area contributed by atoms with Crippen LogP contribution in [0, 0.1) is 0 Å². The number of phenols is 1. The van der Waals surface area contributed by atoms with Crippen LogP contribution in [-0.4, -0.2) is 17.2 Å².